The smallest absolute Gasteiger partial charge is 0.405 e. The molecule has 1 fully saturated rings. The number of rotatable bonds is 7. The van der Waals surface area contributed by atoms with Crippen LogP contribution in [0.5, 0.6) is 5.75 Å². The predicted molar refractivity (Wildman–Crippen MR) is 118 cm³/mol. The Kier molecular flexibility index (Phi) is 7.60. The molecule has 0 unspecified atom stereocenters. The number of nitrogens with zero attached hydrogens (tertiary/aromatic N) is 3. The molecule has 1 aliphatic rings. The highest BCUT2D eigenvalue weighted by Crippen LogP contribution is 2.28. The number of alkyl halides is 4. The number of hydrogen-bond acceptors (Lipinski definition) is 5. The standard InChI is InChI=1S/C23H18F6N4O4S/c24-14-1-3-18(4-2-14)38(35,36)33-13-15(25)9-21(33)22(34)31-11-16-10-20(19(26)12-30-16)32-7-5-17(6-8-32)37-23(27,28)29/h1-8,10,12,15,21H,9,11,13H2/p+1/t15-,21+/m1/s1. The Morgan fingerprint density at radius 1 is 1.13 bits per heavy atom. The fraction of sp³-hybridized carbons (Fsp3) is 0.261. The minimum Gasteiger partial charge on any atom is -0.405 e. The van der Waals surface area contributed by atoms with Crippen molar-refractivity contribution in [3.8, 4) is 11.4 Å². The fourth-order valence-electron chi connectivity index (χ4n) is 3.84. The number of sulfonamides is 1. The summed E-state index contributed by atoms with van der Waals surface area (Å²) in [7, 11) is -4.31. The number of benzene rings is 1. The van der Waals surface area contributed by atoms with Crippen molar-refractivity contribution in [3.05, 3.63) is 78.4 Å². The van der Waals surface area contributed by atoms with Crippen molar-refractivity contribution >= 4 is 15.9 Å². The van der Waals surface area contributed by atoms with Gasteiger partial charge >= 0.3 is 6.36 Å². The molecule has 0 bridgehead atoms. The van der Waals surface area contributed by atoms with Crippen molar-refractivity contribution in [3.63, 3.8) is 0 Å². The second kappa shape index (κ2) is 10.6. The maximum absolute atomic E-state index is 14.4. The number of aromatic nitrogens is 2. The average Bonchev–Trinajstić information content (AvgIpc) is 3.26. The van der Waals surface area contributed by atoms with Crippen LogP contribution in [-0.4, -0.2) is 48.7 Å². The van der Waals surface area contributed by atoms with Crippen molar-refractivity contribution in [2.24, 2.45) is 0 Å². The highest BCUT2D eigenvalue weighted by Gasteiger charge is 2.44. The Balaban J connectivity index is 1.47. The molecule has 2 atom stereocenters. The zero-order valence-corrected chi connectivity index (χ0v) is 20.0. The Morgan fingerprint density at radius 2 is 1.79 bits per heavy atom. The lowest BCUT2D eigenvalue weighted by Gasteiger charge is -2.23. The van der Waals surface area contributed by atoms with Gasteiger partial charge in [0.25, 0.3) is 0 Å². The minimum absolute atomic E-state index is 0.104. The molecule has 0 spiro atoms. The Hall–Kier alpha value is -3.72. The third-order valence-corrected chi connectivity index (χ3v) is 7.46. The van der Waals surface area contributed by atoms with E-state index in [1.165, 1.54) is 6.07 Å². The Bertz CT molecular complexity index is 1420. The van der Waals surface area contributed by atoms with Gasteiger partial charge in [0.15, 0.2) is 12.4 Å². The zero-order valence-electron chi connectivity index (χ0n) is 19.2. The Morgan fingerprint density at radius 3 is 2.42 bits per heavy atom. The van der Waals surface area contributed by atoms with Gasteiger partial charge in [-0.25, -0.2) is 17.2 Å². The van der Waals surface area contributed by atoms with E-state index in [1.807, 2.05) is 0 Å². The summed E-state index contributed by atoms with van der Waals surface area (Å²) < 4.78 is 110. The SMILES string of the molecule is O=C(NCc1cc(-[n+]2ccc(OC(F)(F)F)cc2)c(F)cn1)[C@@H]1C[C@@H](F)CN1S(=O)(=O)c1ccc(F)cc1. The number of amides is 1. The molecule has 3 heterocycles. The molecule has 15 heteroatoms. The third-order valence-electron chi connectivity index (χ3n) is 5.57. The van der Waals surface area contributed by atoms with Crippen LogP contribution in [0.3, 0.4) is 0 Å². The predicted octanol–water partition coefficient (Wildman–Crippen LogP) is 2.95. The van der Waals surface area contributed by atoms with Gasteiger partial charge in [-0.1, -0.05) is 0 Å². The number of carbonyl (C=O) groups is 1. The van der Waals surface area contributed by atoms with Gasteiger partial charge in [0.2, 0.25) is 27.4 Å². The third kappa shape index (κ3) is 6.22. The van der Waals surface area contributed by atoms with Crippen LogP contribution in [0.25, 0.3) is 5.69 Å². The molecule has 8 nitrogen and oxygen atoms in total. The summed E-state index contributed by atoms with van der Waals surface area (Å²) in [5, 5.41) is 2.45. The van der Waals surface area contributed by atoms with E-state index in [1.54, 1.807) is 0 Å². The molecule has 1 aliphatic heterocycles. The first kappa shape index (κ1) is 27.3. The van der Waals surface area contributed by atoms with Gasteiger partial charge < -0.3 is 10.1 Å². The first-order valence-corrected chi connectivity index (χ1v) is 12.4. The van der Waals surface area contributed by atoms with Crippen LogP contribution in [0.2, 0.25) is 0 Å². The van der Waals surface area contributed by atoms with E-state index < -0.39 is 64.9 Å². The molecule has 202 valence electrons. The minimum atomic E-state index is -4.89. The van der Waals surface area contributed by atoms with E-state index in [9.17, 15) is 39.6 Å². The van der Waals surface area contributed by atoms with Crippen molar-refractivity contribution in [1.82, 2.24) is 14.6 Å². The van der Waals surface area contributed by atoms with Gasteiger partial charge in [-0.3, -0.25) is 9.78 Å². The average molecular weight is 561 g/mol. The highest BCUT2D eigenvalue weighted by atomic mass is 32.2. The van der Waals surface area contributed by atoms with Crippen LogP contribution in [0.15, 0.2) is 66.0 Å². The molecule has 1 N–H and O–H groups in total. The van der Waals surface area contributed by atoms with Gasteiger partial charge in [0.05, 0.1) is 23.3 Å². The number of nitrogens with one attached hydrogen (secondary N) is 1. The lowest BCUT2D eigenvalue weighted by atomic mass is 10.2. The van der Waals surface area contributed by atoms with Crippen molar-refractivity contribution in [1.29, 1.82) is 0 Å². The monoisotopic (exact) mass is 561 g/mol. The number of hydrogen-bond donors (Lipinski definition) is 1. The van der Waals surface area contributed by atoms with Crippen molar-refractivity contribution in [2.75, 3.05) is 6.54 Å². The maximum atomic E-state index is 14.4. The molecule has 0 saturated carbocycles. The quantitative estimate of drug-likeness (QED) is 0.354. The summed E-state index contributed by atoms with van der Waals surface area (Å²) in [4.78, 5) is 16.4. The molecule has 0 aliphatic carbocycles. The number of pyridine rings is 2. The van der Waals surface area contributed by atoms with E-state index in [2.05, 4.69) is 15.0 Å². The molecular weight excluding hydrogens is 542 g/mol. The van der Waals surface area contributed by atoms with Crippen LogP contribution >= 0.6 is 0 Å². The van der Waals surface area contributed by atoms with Gasteiger partial charge in [0.1, 0.15) is 23.8 Å². The van der Waals surface area contributed by atoms with E-state index in [0.29, 0.717) is 4.31 Å². The number of ether oxygens (including phenoxy) is 1. The molecule has 1 aromatic carbocycles. The summed E-state index contributed by atoms with van der Waals surface area (Å²) >= 11 is 0. The molecule has 3 aromatic rings. The summed E-state index contributed by atoms with van der Waals surface area (Å²) in [6.07, 6.45) is -3.83. The summed E-state index contributed by atoms with van der Waals surface area (Å²) in [6.45, 7) is -0.860. The molecule has 38 heavy (non-hydrogen) atoms. The maximum Gasteiger partial charge on any atom is 0.573 e. The molecule has 4 rings (SSSR count). The number of carbonyl (C=O) groups excluding carboxylic acids is 1. The van der Waals surface area contributed by atoms with E-state index in [4.69, 9.17) is 0 Å². The van der Waals surface area contributed by atoms with Crippen LogP contribution in [0, 0.1) is 11.6 Å². The lowest BCUT2D eigenvalue weighted by Crippen LogP contribution is -2.45. The van der Waals surface area contributed by atoms with Gasteiger partial charge in [-0.05, 0) is 24.3 Å². The first-order valence-electron chi connectivity index (χ1n) is 10.9. The second-order valence-corrected chi connectivity index (χ2v) is 10.1. The molecule has 1 saturated heterocycles. The van der Waals surface area contributed by atoms with Gasteiger partial charge in [0, 0.05) is 31.2 Å². The summed E-state index contributed by atoms with van der Waals surface area (Å²) in [5.74, 6) is -2.83. The Labute approximate surface area is 212 Å². The summed E-state index contributed by atoms with van der Waals surface area (Å²) in [6, 6.07) is 5.64. The molecule has 0 radical (unpaired) electrons. The van der Waals surface area contributed by atoms with E-state index in [-0.39, 0.29) is 22.8 Å². The van der Waals surface area contributed by atoms with Crippen LogP contribution in [-0.2, 0) is 21.4 Å². The van der Waals surface area contributed by atoms with Gasteiger partial charge in [-0.15, -0.1) is 13.2 Å². The lowest BCUT2D eigenvalue weighted by molar-refractivity contribution is -0.597. The molecule has 2 aromatic heterocycles. The van der Waals surface area contributed by atoms with Gasteiger partial charge in [-0.2, -0.15) is 13.3 Å². The van der Waals surface area contributed by atoms with E-state index in [0.717, 1.165) is 59.6 Å². The van der Waals surface area contributed by atoms with Crippen molar-refractivity contribution < 1.29 is 48.9 Å². The highest BCUT2D eigenvalue weighted by molar-refractivity contribution is 7.89. The zero-order chi connectivity index (χ0) is 27.7. The second-order valence-electron chi connectivity index (χ2n) is 8.21. The van der Waals surface area contributed by atoms with Crippen LogP contribution in [0.1, 0.15) is 12.1 Å². The van der Waals surface area contributed by atoms with Crippen LogP contribution < -0.4 is 14.6 Å². The van der Waals surface area contributed by atoms with E-state index >= 15 is 0 Å². The fourth-order valence-corrected chi connectivity index (χ4v) is 5.46. The molecular formula is C23H19F6N4O4S+. The van der Waals surface area contributed by atoms with Crippen LogP contribution in [0.4, 0.5) is 26.3 Å². The molecule has 1 amide bonds. The normalized spacial score (nSPS) is 18.4. The van der Waals surface area contributed by atoms with Crippen molar-refractivity contribution in [2.45, 2.75) is 36.4 Å². The number of halogens is 6. The summed E-state index contributed by atoms with van der Waals surface area (Å²) in [5.41, 5.74) is 0.0219. The first-order chi connectivity index (χ1) is 17.8. The largest absolute Gasteiger partial charge is 0.573 e. The topological polar surface area (TPSA) is 92.5 Å².